The van der Waals surface area contributed by atoms with Crippen LogP contribution in [0.25, 0.3) is 6.08 Å². The zero-order valence-corrected chi connectivity index (χ0v) is 13.0. The third-order valence-electron chi connectivity index (χ3n) is 3.58. The SMILES string of the molecule is Cc1ccc(/C=C/C(=O)OCCN2C(=O)c3ccccc3C2=O)o1. The van der Waals surface area contributed by atoms with Crippen molar-refractivity contribution in [2.24, 2.45) is 0 Å². The molecule has 2 aromatic rings. The number of carbonyl (C=O) groups excluding carboxylic acids is 3. The normalized spacial score (nSPS) is 13.6. The van der Waals surface area contributed by atoms with Crippen molar-refractivity contribution in [1.29, 1.82) is 0 Å². The average Bonchev–Trinajstić information content (AvgIpc) is 3.10. The smallest absolute Gasteiger partial charge is 0.330 e. The number of furan rings is 1. The van der Waals surface area contributed by atoms with Crippen LogP contribution in [0.5, 0.6) is 0 Å². The molecule has 1 aromatic carbocycles. The molecular formula is C18H15NO5. The summed E-state index contributed by atoms with van der Waals surface area (Å²) < 4.78 is 10.3. The van der Waals surface area contributed by atoms with Gasteiger partial charge >= 0.3 is 5.97 Å². The van der Waals surface area contributed by atoms with Crippen LogP contribution in [0.2, 0.25) is 0 Å². The highest BCUT2D eigenvalue weighted by Crippen LogP contribution is 2.21. The number of hydrogen-bond donors (Lipinski definition) is 0. The maximum atomic E-state index is 12.1. The summed E-state index contributed by atoms with van der Waals surface area (Å²) in [5.41, 5.74) is 0.754. The number of benzene rings is 1. The number of nitrogens with zero attached hydrogens (tertiary/aromatic N) is 1. The second kappa shape index (κ2) is 6.54. The highest BCUT2D eigenvalue weighted by atomic mass is 16.5. The van der Waals surface area contributed by atoms with Gasteiger partial charge in [-0.05, 0) is 37.3 Å². The van der Waals surface area contributed by atoms with E-state index in [4.69, 9.17) is 9.15 Å². The lowest BCUT2D eigenvalue weighted by Gasteiger charge is -2.13. The predicted octanol–water partition coefficient (Wildman–Crippen LogP) is 2.44. The highest BCUT2D eigenvalue weighted by molar-refractivity contribution is 6.21. The first kappa shape index (κ1) is 15.7. The molecule has 6 nitrogen and oxygen atoms in total. The van der Waals surface area contributed by atoms with Gasteiger partial charge in [0.25, 0.3) is 11.8 Å². The third-order valence-corrected chi connectivity index (χ3v) is 3.58. The van der Waals surface area contributed by atoms with Gasteiger partial charge in [-0.1, -0.05) is 12.1 Å². The van der Waals surface area contributed by atoms with E-state index >= 15 is 0 Å². The number of hydrogen-bond acceptors (Lipinski definition) is 5. The Hall–Kier alpha value is -3.15. The number of carbonyl (C=O) groups is 3. The van der Waals surface area contributed by atoms with E-state index in [-0.39, 0.29) is 25.0 Å². The van der Waals surface area contributed by atoms with E-state index in [1.807, 2.05) is 0 Å². The van der Waals surface area contributed by atoms with E-state index in [2.05, 4.69) is 0 Å². The molecule has 0 aliphatic carbocycles. The summed E-state index contributed by atoms with van der Waals surface area (Å²) in [6.07, 6.45) is 2.73. The van der Waals surface area contributed by atoms with Crippen molar-refractivity contribution in [1.82, 2.24) is 4.90 Å². The number of imide groups is 1. The van der Waals surface area contributed by atoms with Gasteiger partial charge in [0.15, 0.2) is 0 Å². The number of esters is 1. The maximum absolute atomic E-state index is 12.1. The summed E-state index contributed by atoms with van der Waals surface area (Å²) in [6.45, 7) is 1.76. The van der Waals surface area contributed by atoms with E-state index < -0.39 is 5.97 Å². The summed E-state index contributed by atoms with van der Waals surface area (Å²) in [7, 11) is 0. The van der Waals surface area contributed by atoms with Crippen LogP contribution in [0.4, 0.5) is 0 Å². The van der Waals surface area contributed by atoms with Crippen LogP contribution in [-0.2, 0) is 9.53 Å². The van der Waals surface area contributed by atoms with Crippen LogP contribution >= 0.6 is 0 Å². The Morgan fingerprint density at radius 2 is 1.79 bits per heavy atom. The minimum atomic E-state index is -0.569. The fourth-order valence-corrected chi connectivity index (χ4v) is 2.42. The molecule has 1 aromatic heterocycles. The molecule has 0 saturated heterocycles. The zero-order chi connectivity index (χ0) is 17.1. The number of amides is 2. The van der Waals surface area contributed by atoms with Gasteiger partial charge in [-0.15, -0.1) is 0 Å². The number of aryl methyl sites for hydroxylation is 1. The molecule has 0 fully saturated rings. The molecular weight excluding hydrogens is 310 g/mol. The van der Waals surface area contributed by atoms with Crippen molar-refractivity contribution in [3.8, 4) is 0 Å². The number of ether oxygens (including phenoxy) is 1. The van der Waals surface area contributed by atoms with E-state index in [0.29, 0.717) is 16.9 Å². The Kier molecular flexibility index (Phi) is 4.29. The Labute approximate surface area is 138 Å². The van der Waals surface area contributed by atoms with Crippen molar-refractivity contribution in [2.75, 3.05) is 13.2 Å². The van der Waals surface area contributed by atoms with Gasteiger partial charge in [-0.3, -0.25) is 14.5 Å². The number of rotatable bonds is 5. The van der Waals surface area contributed by atoms with Gasteiger partial charge in [0.05, 0.1) is 17.7 Å². The number of fused-ring (bicyclic) bond motifs is 1. The first-order valence-corrected chi connectivity index (χ1v) is 7.43. The van der Waals surface area contributed by atoms with Crippen molar-refractivity contribution in [2.45, 2.75) is 6.92 Å². The minimum Gasteiger partial charge on any atom is -0.462 e. The van der Waals surface area contributed by atoms with Crippen LogP contribution in [0, 0.1) is 6.92 Å². The Morgan fingerprint density at radius 1 is 1.12 bits per heavy atom. The lowest BCUT2D eigenvalue weighted by atomic mass is 10.1. The molecule has 0 atom stereocenters. The maximum Gasteiger partial charge on any atom is 0.330 e. The lowest BCUT2D eigenvalue weighted by molar-refractivity contribution is -0.137. The van der Waals surface area contributed by atoms with Crippen molar-refractivity contribution in [3.05, 3.63) is 65.1 Å². The topological polar surface area (TPSA) is 76.8 Å². The molecule has 0 N–H and O–H groups in total. The molecule has 24 heavy (non-hydrogen) atoms. The molecule has 1 aliphatic rings. The van der Waals surface area contributed by atoms with E-state index in [1.165, 1.54) is 12.2 Å². The van der Waals surface area contributed by atoms with Crippen LogP contribution in [-0.4, -0.2) is 35.8 Å². The van der Waals surface area contributed by atoms with Crippen molar-refractivity contribution >= 4 is 23.9 Å². The van der Waals surface area contributed by atoms with Gasteiger partial charge in [0.1, 0.15) is 18.1 Å². The minimum absolute atomic E-state index is 0.0196. The molecule has 3 rings (SSSR count). The summed E-state index contributed by atoms with van der Waals surface area (Å²) in [6, 6.07) is 10.1. The monoisotopic (exact) mass is 325 g/mol. The molecule has 2 amide bonds. The van der Waals surface area contributed by atoms with E-state index in [1.54, 1.807) is 43.3 Å². The van der Waals surface area contributed by atoms with Crippen LogP contribution in [0.3, 0.4) is 0 Å². The first-order valence-electron chi connectivity index (χ1n) is 7.43. The summed E-state index contributed by atoms with van der Waals surface area (Å²) in [4.78, 5) is 37.0. The van der Waals surface area contributed by atoms with Crippen LogP contribution in [0.15, 0.2) is 46.9 Å². The quantitative estimate of drug-likeness (QED) is 0.479. The molecule has 6 heteroatoms. The molecule has 2 heterocycles. The fourth-order valence-electron chi connectivity index (χ4n) is 2.42. The first-order chi connectivity index (χ1) is 11.6. The third kappa shape index (κ3) is 3.12. The van der Waals surface area contributed by atoms with Crippen LogP contribution in [0.1, 0.15) is 32.2 Å². The lowest BCUT2D eigenvalue weighted by Crippen LogP contribution is -2.33. The molecule has 0 radical (unpaired) electrons. The second-order valence-corrected chi connectivity index (χ2v) is 5.26. The molecule has 0 bridgehead atoms. The average molecular weight is 325 g/mol. The second-order valence-electron chi connectivity index (χ2n) is 5.26. The van der Waals surface area contributed by atoms with Crippen molar-refractivity contribution in [3.63, 3.8) is 0 Å². The molecule has 0 unspecified atom stereocenters. The van der Waals surface area contributed by atoms with Crippen molar-refractivity contribution < 1.29 is 23.5 Å². The molecule has 122 valence electrons. The van der Waals surface area contributed by atoms with Gasteiger partial charge in [-0.2, -0.15) is 0 Å². The summed E-state index contributed by atoms with van der Waals surface area (Å²) in [5.74, 6) is -0.0133. The Balaban J connectivity index is 1.52. The highest BCUT2D eigenvalue weighted by Gasteiger charge is 2.34. The van der Waals surface area contributed by atoms with Gasteiger partial charge in [-0.25, -0.2) is 4.79 Å². The molecule has 0 saturated carbocycles. The van der Waals surface area contributed by atoms with Gasteiger partial charge < -0.3 is 9.15 Å². The van der Waals surface area contributed by atoms with Gasteiger partial charge in [0.2, 0.25) is 0 Å². The van der Waals surface area contributed by atoms with E-state index in [9.17, 15) is 14.4 Å². The van der Waals surface area contributed by atoms with E-state index in [0.717, 1.165) is 10.7 Å². The predicted molar refractivity (Wildman–Crippen MR) is 85.2 cm³/mol. The standard InChI is InChI=1S/C18H15NO5/c1-12-6-7-13(24-12)8-9-16(20)23-11-10-19-17(21)14-4-2-3-5-15(14)18(19)22/h2-9H,10-11H2,1H3/b9-8+. The summed E-state index contributed by atoms with van der Waals surface area (Å²) >= 11 is 0. The fraction of sp³-hybridized carbons (Fsp3) is 0.167. The summed E-state index contributed by atoms with van der Waals surface area (Å²) in [5, 5.41) is 0. The Morgan fingerprint density at radius 3 is 2.38 bits per heavy atom. The van der Waals surface area contributed by atoms with Gasteiger partial charge in [0, 0.05) is 6.08 Å². The Bertz CT molecular complexity index is 798. The molecule has 0 spiro atoms. The van der Waals surface area contributed by atoms with Crippen LogP contribution < -0.4 is 0 Å². The molecule has 1 aliphatic heterocycles. The zero-order valence-electron chi connectivity index (χ0n) is 13.0. The largest absolute Gasteiger partial charge is 0.462 e.